The lowest BCUT2D eigenvalue weighted by atomic mass is 9.78. The minimum atomic E-state index is -0.973. The van der Waals surface area contributed by atoms with Gasteiger partial charge in [-0.3, -0.25) is 4.79 Å². The predicted octanol–water partition coefficient (Wildman–Crippen LogP) is 16.2. The first-order valence-electron chi connectivity index (χ1n) is 25.2. The summed E-state index contributed by atoms with van der Waals surface area (Å²) in [5.74, 6) is -1.22. The standard InChI is InChI=1S/C64H66N2O4/c1-10-11-12-13-14-19-36-65-57-35-27-43(61(69)70)38-56(57)64(8,9)58(65)40-52-59(67)51(60(52)68)32-26-42-24-28-44(29-25-42)66(46-31-34-50-49-21-16-18-23-54(49)63(6,7)55(50)39-46)45-30-33-47(41(2)37-45)48-20-15-17-22-53(48)62(3,4)5/h15-18,20-35,37-40H,10-14,19,36H2,1-9H3,(H-,67,68,69,70)/p+1. The molecular weight excluding hydrogens is 861 g/mol. The third-order valence-corrected chi connectivity index (χ3v) is 15.1. The van der Waals surface area contributed by atoms with Gasteiger partial charge in [-0.25, -0.2) is 4.79 Å². The van der Waals surface area contributed by atoms with E-state index in [0.29, 0.717) is 0 Å². The maximum absolute atomic E-state index is 13.9. The molecule has 6 aromatic rings. The number of anilines is 3. The van der Waals surface area contributed by atoms with Gasteiger partial charge in [-0.2, -0.15) is 4.58 Å². The number of hydrogen-bond acceptors (Lipinski definition) is 4. The molecule has 1 aliphatic heterocycles. The van der Waals surface area contributed by atoms with Crippen molar-refractivity contribution < 1.29 is 24.4 Å². The number of Topliss-reactive ketones (excluding diaryl/α,β-unsaturated/α-hetero) is 1. The molecule has 0 amide bonds. The van der Waals surface area contributed by atoms with Gasteiger partial charge >= 0.3 is 5.97 Å². The number of aliphatic hydroxyl groups excluding tert-OH is 1. The number of fused-ring (bicyclic) bond motifs is 4. The molecule has 0 saturated heterocycles. The van der Waals surface area contributed by atoms with Crippen LogP contribution in [0, 0.1) is 6.92 Å². The van der Waals surface area contributed by atoms with Crippen LogP contribution in [0.5, 0.6) is 0 Å². The Hall–Kier alpha value is -7.05. The van der Waals surface area contributed by atoms with Crippen LogP contribution in [0.2, 0.25) is 0 Å². The van der Waals surface area contributed by atoms with E-state index in [1.165, 1.54) is 63.8 Å². The van der Waals surface area contributed by atoms with Gasteiger partial charge in [0.05, 0.1) is 22.1 Å². The van der Waals surface area contributed by atoms with E-state index in [4.69, 9.17) is 0 Å². The third-order valence-electron chi connectivity index (χ3n) is 15.1. The normalized spacial score (nSPS) is 16.2. The maximum Gasteiger partial charge on any atom is 0.335 e. The van der Waals surface area contributed by atoms with Gasteiger partial charge in [-0.15, -0.1) is 0 Å². The van der Waals surface area contributed by atoms with Gasteiger partial charge in [-0.1, -0.05) is 146 Å². The number of aryl methyl sites for hydroxylation is 1. The summed E-state index contributed by atoms with van der Waals surface area (Å²) in [4.78, 5) is 28.2. The number of benzene rings is 6. The Labute approximate surface area is 415 Å². The highest BCUT2D eigenvalue weighted by molar-refractivity contribution is 6.24. The molecule has 2 aliphatic carbocycles. The van der Waals surface area contributed by atoms with E-state index in [9.17, 15) is 19.8 Å². The van der Waals surface area contributed by atoms with Gasteiger partial charge in [0.25, 0.3) is 0 Å². The summed E-state index contributed by atoms with van der Waals surface area (Å²) in [6, 6.07) is 44.8. The van der Waals surface area contributed by atoms with Gasteiger partial charge in [0, 0.05) is 46.6 Å². The zero-order valence-electron chi connectivity index (χ0n) is 42.4. The predicted molar refractivity (Wildman–Crippen MR) is 289 cm³/mol. The molecule has 0 saturated carbocycles. The quantitative estimate of drug-likeness (QED) is 0.0609. The molecule has 9 rings (SSSR count). The van der Waals surface area contributed by atoms with Crippen LogP contribution >= 0.6 is 0 Å². The van der Waals surface area contributed by atoms with Crippen LogP contribution in [0.15, 0.2) is 156 Å². The highest BCUT2D eigenvalue weighted by atomic mass is 16.4. The van der Waals surface area contributed by atoms with Crippen LogP contribution in [0.4, 0.5) is 22.7 Å². The molecule has 6 heteroatoms. The van der Waals surface area contributed by atoms with Gasteiger partial charge in [0.15, 0.2) is 5.71 Å². The Morgan fingerprint density at radius 3 is 1.97 bits per heavy atom. The van der Waals surface area contributed by atoms with Crippen molar-refractivity contribution in [1.29, 1.82) is 0 Å². The van der Waals surface area contributed by atoms with Gasteiger partial charge in [0.2, 0.25) is 11.5 Å². The van der Waals surface area contributed by atoms with E-state index in [1.54, 1.807) is 18.2 Å². The zero-order valence-corrected chi connectivity index (χ0v) is 42.4. The van der Waals surface area contributed by atoms with Crippen LogP contribution in [-0.2, 0) is 21.0 Å². The molecule has 2 N–H and O–H groups in total. The number of carboxylic acid groups (broad SMARTS) is 1. The lowest BCUT2D eigenvalue weighted by Gasteiger charge is -2.29. The number of nitrogens with zero attached hydrogens (tertiary/aromatic N) is 2. The van der Waals surface area contributed by atoms with Crippen molar-refractivity contribution in [1.82, 2.24) is 0 Å². The number of rotatable bonds is 15. The first-order chi connectivity index (χ1) is 33.4. The smallest absolute Gasteiger partial charge is 0.335 e. The number of allylic oxidation sites excluding steroid dienone is 4. The van der Waals surface area contributed by atoms with Crippen LogP contribution < -0.4 is 4.90 Å². The maximum atomic E-state index is 13.9. The summed E-state index contributed by atoms with van der Waals surface area (Å²) >= 11 is 0. The molecule has 70 heavy (non-hydrogen) atoms. The van der Waals surface area contributed by atoms with Crippen LogP contribution in [-0.4, -0.2) is 38.8 Å². The number of carboxylic acids is 1. The summed E-state index contributed by atoms with van der Waals surface area (Å²) < 4.78 is 2.22. The molecule has 0 fully saturated rings. The summed E-state index contributed by atoms with van der Waals surface area (Å²) in [5, 5.41) is 21.3. The highest BCUT2D eigenvalue weighted by Crippen LogP contribution is 2.51. The minimum absolute atomic E-state index is 0.0104. The molecule has 0 aromatic heterocycles. The van der Waals surface area contributed by atoms with Crippen molar-refractivity contribution in [3.63, 3.8) is 0 Å². The van der Waals surface area contributed by atoms with Gasteiger partial charge in [0.1, 0.15) is 12.3 Å². The Morgan fingerprint density at radius 1 is 0.657 bits per heavy atom. The molecule has 0 unspecified atom stereocenters. The number of aromatic carboxylic acids is 1. The Bertz CT molecular complexity index is 3190. The second kappa shape index (κ2) is 18.7. The number of ketones is 1. The third kappa shape index (κ3) is 8.67. The Morgan fingerprint density at radius 2 is 1.29 bits per heavy atom. The molecule has 3 aliphatic rings. The number of carbonyl (C=O) groups is 2. The summed E-state index contributed by atoms with van der Waals surface area (Å²) in [7, 11) is 0. The molecule has 356 valence electrons. The van der Waals surface area contributed by atoms with E-state index in [0.717, 1.165) is 65.4 Å². The molecule has 0 bridgehead atoms. The monoisotopic (exact) mass is 928 g/mol. The number of unbranched alkanes of at least 4 members (excludes halogenated alkanes) is 5. The molecule has 1 heterocycles. The molecule has 6 nitrogen and oxygen atoms in total. The van der Waals surface area contributed by atoms with Crippen molar-refractivity contribution in [2.75, 3.05) is 11.4 Å². The summed E-state index contributed by atoms with van der Waals surface area (Å²) in [6.07, 6.45) is 12.3. The molecular formula is C64H67N2O4+. The lowest BCUT2D eigenvalue weighted by molar-refractivity contribution is -0.438. The van der Waals surface area contributed by atoms with Crippen LogP contribution in [0.1, 0.15) is 138 Å². The lowest BCUT2D eigenvalue weighted by Crippen LogP contribution is -2.31. The van der Waals surface area contributed by atoms with E-state index < -0.39 is 11.4 Å². The average molecular weight is 928 g/mol. The molecule has 0 atom stereocenters. The molecule has 6 aromatic carbocycles. The van der Waals surface area contributed by atoms with Crippen molar-refractivity contribution in [3.8, 4) is 22.3 Å². The fraction of sp³-hybridized carbons (Fsp3) is 0.297. The number of aliphatic hydroxyl groups is 1. The first kappa shape index (κ1) is 48.0. The summed E-state index contributed by atoms with van der Waals surface area (Å²) in [6.45, 7) is 20.7. The number of carbonyl (C=O) groups excluding carboxylic acids is 1. The Kier molecular flexibility index (Phi) is 12.8. The average Bonchev–Trinajstić information content (AvgIpc) is 3.70. The van der Waals surface area contributed by atoms with Crippen LogP contribution in [0.3, 0.4) is 0 Å². The van der Waals surface area contributed by atoms with Gasteiger partial charge < -0.3 is 15.1 Å². The van der Waals surface area contributed by atoms with Crippen molar-refractivity contribution in [2.45, 2.75) is 117 Å². The number of hydrogen-bond donors (Lipinski definition) is 2. The fourth-order valence-corrected chi connectivity index (χ4v) is 11.1. The van der Waals surface area contributed by atoms with Crippen molar-refractivity contribution in [2.24, 2.45) is 0 Å². The van der Waals surface area contributed by atoms with E-state index in [2.05, 4.69) is 181 Å². The SMILES string of the molecule is CCCCCCCC[N+]1=C(/C=C2/C(=O)C(/C=C/c3ccc(N(c4ccc(-c5ccccc5C(C)(C)C)c(C)c4)c4ccc5c(c4)C(C)(C)c4ccccc4-5)cc3)=C2O)C(C)(C)c2cc(C(=O)O)ccc21. The van der Waals surface area contributed by atoms with E-state index in [1.807, 2.05) is 18.2 Å². The highest BCUT2D eigenvalue weighted by Gasteiger charge is 2.47. The van der Waals surface area contributed by atoms with Crippen molar-refractivity contribution >= 4 is 46.3 Å². The van der Waals surface area contributed by atoms with Crippen LogP contribution in [0.25, 0.3) is 28.3 Å². The largest absolute Gasteiger partial charge is 0.506 e. The Balaban J connectivity index is 1.03. The zero-order chi connectivity index (χ0) is 49.7. The topological polar surface area (TPSA) is 80.8 Å². The molecule has 0 spiro atoms. The minimum Gasteiger partial charge on any atom is -0.506 e. The second-order valence-corrected chi connectivity index (χ2v) is 21.6. The van der Waals surface area contributed by atoms with Crippen molar-refractivity contribution in [3.05, 3.63) is 195 Å². The van der Waals surface area contributed by atoms with E-state index in [-0.39, 0.29) is 39.1 Å². The summed E-state index contributed by atoms with van der Waals surface area (Å²) in [5.41, 5.74) is 16.9. The van der Waals surface area contributed by atoms with Gasteiger partial charge in [-0.05, 0) is 137 Å². The fourth-order valence-electron chi connectivity index (χ4n) is 11.1. The van der Waals surface area contributed by atoms with E-state index >= 15 is 0 Å². The second-order valence-electron chi connectivity index (χ2n) is 21.6. The molecule has 0 radical (unpaired) electrons. The first-order valence-corrected chi connectivity index (χ1v) is 25.2.